The molecule has 108 valence electrons. The van der Waals surface area contributed by atoms with E-state index in [1.165, 1.54) is 10.9 Å². The fourth-order valence-electron chi connectivity index (χ4n) is 2.18. The largest absolute Gasteiger partial charge is 0.394 e. The van der Waals surface area contributed by atoms with Crippen molar-refractivity contribution in [2.45, 2.75) is 24.6 Å². The molecular weight excluding hydrogens is 293 g/mol. The number of imidazole rings is 1. The molecule has 0 spiro atoms. The minimum Gasteiger partial charge on any atom is -0.394 e. The summed E-state index contributed by atoms with van der Waals surface area (Å²) >= 11 is 5.71. The van der Waals surface area contributed by atoms with Gasteiger partial charge in [0.2, 0.25) is 5.28 Å². The SMILES string of the molecule is Nc1nc(Cl)nc2c1ncn2[C@@H]1O[C@H](CO)[C@H](O)C1F. The van der Waals surface area contributed by atoms with Gasteiger partial charge in [-0.05, 0) is 11.6 Å². The topological polar surface area (TPSA) is 119 Å². The third kappa shape index (κ3) is 1.90. The molecule has 0 saturated carbocycles. The Balaban J connectivity index is 2.07. The third-order valence-corrected chi connectivity index (χ3v) is 3.34. The Hall–Kier alpha value is -1.55. The van der Waals surface area contributed by atoms with E-state index in [1.807, 2.05) is 0 Å². The van der Waals surface area contributed by atoms with Crippen LogP contribution in [0, 0.1) is 0 Å². The molecule has 20 heavy (non-hydrogen) atoms. The Labute approximate surface area is 117 Å². The molecule has 3 rings (SSSR count). The average Bonchev–Trinajstić information content (AvgIpc) is 2.93. The van der Waals surface area contributed by atoms with Gasteiger partial charge in [-0.15, -0.1) is 0 Å². The molecule has 4 atom stereocenters. The van der Waals surface area contributed by atoms with Crippen molar-refractivity contribution in [2.75, 3.05) is 12.3 Å². The fraction of sp³-hybridized carbons (Fsp3) is 0.500. The smallest absolute Gasteiger partial charge is 0.226 e. The highest BCUT2D eigenvalue weighted by Crippen LogP contribution is 2.34. The molecule has 1 aliphatic rings. The Bertz CT molecular complexity index is 653. The molecule has 1 unspecified atom stereocenters. The molecule has 10 heteroatoms. The number of nitrogens with two attached hydrogens (primary N) is 1. The van der Waals surface area contributed by atoms with Crippen LogP contribution < -0.4 is 5.73 Å². The monoisotopic (exact) mass is 303 g/mol. The number of alkyl halides is 1. The molecule has 0 aromatic carbocycles. The van der Waals surface area contributed by atoms with E-state index in [0.717, 1.165) is 0 Å². The third-order valence-electron chi connectivity index (χ3n) is 3.17. The van der Waals surface area contributed by atoms with E-state index in [-0.39, 0.29) is 22.3 Å². The molecule has 1 saturated heterocycles. The second-order valence-electron chi connectivity index (χ2n) is 4.38. The van der Waals surface area contributed by atoms with Gasteiger partial charge in [0.15, 0.2) is 23.9 Å². The van der Waals surface area contributed by atoms with Crippen LogP contribution in [0.5, 0.6) is 0 Å². The van der Waals surface area contributed by atoms with Crippen molar-refractivity contribution in [1.82, 2.24) is 19.5 Å². The highest BCUT2D eigenvalue weighted by atomic mass is 35.5. The van der Waals surface area contributed by atoms with Gasteiger partial charge in [0.1, 0.15) is 17.7 Å². The Morgan fingerprint density at radius 3 is 2.90 bits per heavy atom. The Kier molecular flexibility index (Phi) is 3.21. The standard InChI is InChI=1S/C10H11ClFN5O3/c11-10-15-7(13)5-8(16-10)17(2-14-5)9-4(12)6(19)3(1-18)20-9/h2-4,6,9,18-19H,1H2,(H2,13,15,16)/t3-,4?,6+,9-/m1/s1. The zero-order chi connectivity index (χ0) is 14.4. The van der Waals surface area contributed by atoms with Crippen molar-refractivity contribution < 1.29 is 19.3 Å². The predicted molar refractivity (Wildman–Crippen MR) is 66.6 cm³/mol. The molecule has 0 aliphatic carbocycles. The maximum atomic E-state index is 14.1. The van der Waals surface area contributed by atoms with E-state index in [0.29, 0.717) is 0 Å². The summed E-state index contributed by atoms with van der Waals surface area (Å²) in [6, 6.07) is 0. The van der Waals surface area contributed by atoms with Crippen molar-refractivity contribution in [2.24, 2.45) is 0 Å². The number of halogens is 2. The number of aliphatic hydroxyl groups is 2. The van der Waals surface area contributed by atoms with E-state index in [2.05, 4.69) is 15.0 Å². The van der Waals surface area contributed by atoms with Gasteiger partial charge < -0.3 is 20.7 Å². The van der Waals surface area contributed by atoms with Gasteiger partial charge in [0.05, 0.1) is 12.9 Å². The number of rotatable bonds is 2. The van der Waals surface area contributed by atoms with E-state index in [9.17, 15) is 9.50 Å². The number of nitrogens with zero attached hydrogens (tertiary/aromatic N) is 4. The zero-order valence-corrected chi connectivity index (χ0v) is 10.8. The van der Waals surface area contributed by atoms with Gasteiger partial charge >= 0.3 is 0 Å². The van der Waals surface area contributed by atoms with Crippen LogP contribution in [-0.2, 0) is 4.74 Å². The van der Waals surface area contributed by atoms with Crippen LogP contribution >= 0.6 is 11.6 Å². The van der Waals surface area contributed by atoms with E-state index < -0.39 is 31.2 Å². The zero-order valence-electron chi connectivity index (χ0n) is 10.0. The Morgan fingerprint density at radius 2 is 2.25 bits per heavy atom. The van der Waals surface area contributed by atoms with Crippen molar-refractivity contribution in [3.05, 3.63) is 11.6 Å². The minimum atomic E-state index is -1.74. The first-order chi connectivity index (χ1) is 9.52. The van der Waals surface area contributed by atoms with Gasteiger partial charge in [-0.2, -0.15) is 9.97 Å². The summed E-state index contributed by atoms with van der Waals surface area (Å²) in [7, 11) is 0. The number of fused-ring (bicyclic) bond motifs is 1. The quantitative estimate of drug-likeness (QED) is 0.649. The van der Waals surface area contributed by atoms with Gasteiger partial charge in [0, 0.05) is 0 Å². The molecule has 4 N–H and O–H groups in total. The number of aromatic nitrogens is 4. The lowest BCUT2D eigenvalue weighted by Gasteiger charge is -2.15. The van der Waals surface area contributed by atoms with Crippen molar-refractivity contribution in [1.29, 1.82) is 0 Å². The first kappa shape index (κ1) is 13.4. The van der Waals surface area contributed by atoms with Crippen LogP contribution in [0.15, 0.2) is 6.33 Å². The van der Waals surface area contributed by atoms with Crippen LogP contribution in [0.1, 0.15) is 6.23 Å². The maximum Gasteiger partial charge on any atom is 0.226 e. The van der Waals surface area contributed by atoms with E-state index in [4.69, 9.17) is 27.2 Å². The summed E-state index contributed by atoms with van der Waals surface area (Å²) < 4.78 is 20.6. The highest BCUT2D eigenvalue weighted by Gasteiger charge is 2.45. The number of hydrogen-bond acceptors (Lipinski definition) is 7. The Morgan fingerprint density at radius 1 is 1.50 bits per heavy atom. The molecule has 8 nitrogen and oxygen atoms in total. The molecule has 0 amide bonds. The molecule has 3 heterocycles. The maximum absolute atomic E-state index is 14.1. The molecule has 0 bridgehead atoms. The van der Waals surface area contributed by atoms with Crippen LogP contribution in [-0.4, -0.2) is 54.7 Å². The predicted octanol–water partition coefficient (Wildman–Crippen LogP) is -0.349. The lowest BCUT2D eigenvalue weighted by atomic mass is 10.1. The summed E-state index contributed by atoms with van der Waals surface area (Å²) in [5.74, 6) is 0.0615. The van der Waals surface area contributed by atoms with Crippen molar-refractivity contribution >= 4 is 28.6 Å². The number of nitrogen functional groups attached to an aromatic ring is 1. The molecule has 2 aromatic heterocycles. The highest BCUT2D eigenvalue weighted by molar-refractivity contribution is 6.28. The fourth-order valence-corrected chi connectivity index (χ4v) is 2.35. The van der Waals surface area contributed by atoms with Gasteiger partial charge in [0.25, 0.3) is 0 Å². The average molecular weight is 304 g/mol. The second kappa shape index (κ2) is 4.77. The summed E-state index contributed by atoms with van der Waals surface area (Å²) in [5, 5.41) is 18.6. The number of aliphatic hydroxyl groups excluding tert-OH is 2. The molecule has 1 fully saturated rings. The molecule has 2 aromatic rings. The summed E-state index contributed by atoms with van der Waals surface area (Å²) in [4.78, 5) is 11.7. The van der Waals surface area contributed by atoms with Gasteiger partial charge in [-0.1, -0.05) is 0 Å². The number of anilines is 1. The van der Waals surface area contributed by atoms with Gasteiger partial charge in [-0.25, -0.2) is 9.37 Å². The second-order valence-corrected chi connectivity index (χ2v) is 4.72. The van der Waals surface area contributed by atoms with Crippen molar-refractivity contribution in [3.63, 3.8) is 0 Å². The lowest BCUT2D eigenvalue weighted by molar-refractivity contribution is -0.0459. The normalized spacial score (nSPS) is 30.2. The van der Waals surface area contributed by atoms with Crippen LogP contribution in [0.3, 0.4) is 0 Å². The lowest BCUT2D eigenvalue weighted by Crippen LogP contribution is -2.30. The van der Waals surface area contributed by atoms with Crippen LogP contribution in [0.25, 0.3) is 11.2 Å². The van der Waals surface area contributed by atoms with E-state index >= 15 is 0 Å². The minimum absolute atomic E-state index is 0.0615. The molecule has 1 aliphatic heterocycles. The number of ether oxygens (including phenoxy) is 1. The molecule has 0 radical (unpaired) electrons. The number of hydrogen-bond donors (Lipinski definition) is 3. The van der Waals surface area contributed by atoms with E-state index in [1.54, 1.807) is 0 Å². The first-order valence-corrected chi connectivity index (χ1v) is 6.14. The van der Waals surface area contributed by atoms with Crippen LogP contribution in [0.2, 0.25) is 5.28 Å². The molecular formula is C10H11ClFN5O3. The summed E-state index contributed by atoms with van der Waals surface area (Å²) in [6.07, 6.45) is -4.08. The first-order valence-electron chi connectivity index (χ1n) is 5.77. The summed E-state index contributed by atoms with van der Waals surface area (Å²) in [5.41, 5.74) is 6.10. The van der Waals surface area contributed by atoms with Gasteiger partial charge in [-0.3, -0.25) is 4.57 Å². The van der Waals surface area contributed by atoms with Crippen molar-refractivity contribution in [3.8, 4) is 0 Å². The van der Waals surface area contributed by atoms with Crippen LogP contribution in [0.4, 0.5) is 10.2 Å². The summed E-state index contributed by atoms with van der Waals surface area (Å²) in [6.45, 7) is -0.497.